The summed E-state index contributed by atoms with van der Waals surface area (Å²) in [6.45, 7) is 2.03. The predicted octanol–water partition coefficient (Wildman–Crippen LogP) is 2.46. The molecule has 4 rings (SSSR count). The summed E-state index contributed by atoms with van der Waals surface area (Å²) >= 11 is 6.18. The summed E-state index contributed by atoms with van der Waals surface area (Å²) in [5.74, 6) is 1.14. The predicted molar refractivity (Wildman–Crippen MR) is 81.3 cm³/mol. The molecule has 108 valence electrons. The lowest BCUT2D eigenvalue weighted by Gasteiger charge is -2.25. The molecule has 4 nitrogen and oxygen atoms in total. The standard InChI is InChI=1S/C14H16ClN3O.ClH/c15-11-1-8-7-17-18-13(8)12(2-11)14(19)3-9-5-16-6-10(9)4-14;/h1-2,7,9-10,16,19H,3-6H2,(H,17,18);1H. The van der Waals surface area contributed by atoms with E-state index in [2.05, 4.69) is 15.5 Å². The minimum atomic E-state index is -0.771. The molecule has 3 N–H and O–H groups in total. The van der Waals surface area contributed by atoms with E-state index in [1.54, 1.807) is 6.20 Å². The zero-order valence-electron chi connectivity index (χ0n) is 10.9. The van der Waals surface area contributed by atoms with Gasteiger partial charge in [-0.1, -0.05) is 11.6 Å². The van der Waals surface area contributed by atoms with Gasteiger partial charge in [0.1, 0.15) is 0 Å². The topological polar surface area (TPSA) is 60.9 Å². The summed E-state index contributed by atoms with van der Waals surface area (Å²) < 4.78 is 0. The zero-order valence-corrected chi connectivity index (χ0v) is 12.5. The molecular weight excluding hydrogens is 297 g/mol. The van der Waals surface area contributed by atoms with Gasteiger partial charge < -0.3 is 10.4 Å². The average Bonchev–Trinajstić information content (AvgIpc) is 3.01. The highest BCUT2D eigenvalue weighted by atomic mass is 35.5. The van der Waals surface area contributed by atoms with Gasteiger partial charge in [-0.2, -0.15) is 5.10 Å². The minimum absolute atomic E-state index is 0. The van der Waals surface area contributed by atoms with Crippen LogP contribution in [0.3, 0.4) is 0 Å². The highest BCUT2D eigenvalue weighted by Crippen LogP contribution is 2.48. The summed E-state index contributed by atoms with van der Waals surface area (Å²) in [5, 5.41) is 23.2. The van der Waals surface area contributed by atoms with Crippen LogP contribution in [0.1, 0.15) is 18.4 Å². The first-order valence-electron chi connectivity index (χ1n) is 6.72. The number of aromatic nitrogens is 2. The second kappa shape index (κ2) is 4.88. The Balaban J connectivity index is 0.00000121. The number of nitrogens with one attached hydrogen (secondary N) is 2. The van der Waals surface area contributed by atoms with Gasteiger partial charge in [-0.15, -0.1) is 12.4 Å². The van der Waals surface area contributed by atoms with E-state index in [4.69, 9.17) is 11.6 Å². The van der Waals surface area contributed by atoms with Gasteiger partial charge in [0.25, 0.3) is 0 Å². The molecule has 1 aromatic heterocycles. The lowest BCUT2D eigenvalue weighted by atomic mass is 9.89. The van der Waals surface area contributed by atoms with Crippen molar-refractivity contribution in [1.29, 1.82) is 0 Å². The lowest BCUT2D eigenvalue weighted by molar-refractivity contribution is 0.0372. The maximum atomic E-state index is 11.1. The van der Waals surface area contributed by atoms with Crippen molar-refractivity contribution in [2.45, 2.75) is 18.4 Å². The number of hydrogen-bond acceptors (Lipinski definition) is 3. The summed E-state index contributed by atoms with van der Waals surface area (Å²) in [6, 6.07) is 3.77. The van der Waals surface area contributed by atoms with Crippen LogP contribution in [-0.2, 0) is 5.60 Å². The van der Waals surface area contributed by atoms with Crippen LogP contribution in [0, 0.1) is 11.8 Å². The average molecular weight is 314 g/mol. The van der Waals surface area contributed by atoms with Crippen LogP contribution in [0.4, 0.5) is 0 Å². The summed E-state index contributed by atoms with van der Waals surface area (Å²) in [7, 11) is 0. The first-order chi connectivity index (χ1) is 9.16. The van der Waals surface area contributed by atoms with Gasteiger partial charge >= 0.3 is 0 Å². The Labute approximate surface area is 128 Å². The van der Waals surface area contributed by atoms with Crippen molar-refractivity contribution >= 4 is 34.9 Å². The molecule has 2 heterocycles. The Morgan fingerprint density at radius 1 is 1.25 bits per heavy atom. The van der Waals surface area contributed by atoms with E-state index in [0.717, 1.165) is 42.4 Å². The molecule has 1 aliphatic carbocycles. The Hall–Kier alpha value is -0.810. The second-order valence-electron chi connectivity index (χ2n) is 5.91. The van der Waals surface area contributed by atoms with Gasteiger partial charge in [-0.25, -0.2) is 0 Å². The first kappa shape index (κ1) is 14.1. The third-order valence-electron chi connectivity index (χ3n) is 4.69. The monoisotopic (exact) mass is 313 g/mol. The highest BCUT2D eigenvalue weighted by molar-refractivity contribution is 6.31. The van der Waals surface area contributed by atoms with E-state index in [0.29, 0.717) is 16.9 Å². The highest BCUT2D eigenvalue weighted by Gasteiger charge is 2.47. The number of nitrogens with zero attached hydrogens (tertiary/aromatic N) is 1. The van der Waals surface area contributed by atoms with Gasteiger partial charge in [-0.3, -0.25) is 5.10 Å². The summed E-state index contributed by atoms with van der Waals surface area (Å²) in [6.07, 6.45) is 3.36. The fraction of sp³-hybridized carbons (Fsp3) is 0.500. The number of aliphatic hydroxyl groups is 1. The van der Waals surface area contributed by atoms with Gasteiger partial charge in [-0.05, 0) is 49.9 Å². The van der Waals surface area contributed by atoms with Crippen molar-refractivity contribution in [1.82, 2.24) is 15.5 Å². The molecule has 2 fully saturated rings. The summed E-state index contributed by atoms with van der Waals surface area (Å²) in [4.78, 5) is 0. The molecule has 0 radical (unpaired) electrons. The number of rotatable bonds is 1. The molecule has 1 saturated heterocycles. The Kier molecular flexibility index (Phi) is 3.45. The molecular formula is C14H17Cl2N3O. The SMILES string of the molecule is Cl.OC1(c2cc(Cl)cc3cn[nH]c23)CC2CNCC2C1. The van der Waals surface area contributed by atoms with Crippen LogP contribution in [0.5, 0.6) is 0 Å². The third-order valence-corrected chi connectivity index (χ3v) is 4.91. The van der Waals surface area contributed by atoms with Crippen molar-refractivity contribution in [3.8, 4) is 0 Å². The maximum Gasteiger partial charge on any atom is 0.0924 e. The molecule has 6 heteroatoms. The van der Waals surface area contributed by atoms with E-state index in [9.17, 15) is 5.11 Å². The molecule has 1 aromatic carbocycles. The van der Waals surface area contributed by atoms with Crippen molar-refractivity contribution in [2.24, 2.45) is 11.8 Å². The molecule has 20 heavy (non-hydrogen) atoms. The molecule has 1 saturated carbocycles. The number of fused-ring (bicyclic) bond motifs is 2. The summed E-state index contributed by atoms with van der Waals surface area (Å²) in [5.41, 5.74) is 1.05. The maximum absolute atomic E-state index is 11.1. The Bertz CT molecular complexity index is 630. The lowest BCUT2D eigenvalue weighted by Crippen LogP contribution is -2.26. The van der Waals surface area contributed by atoms with Crippen molar-refractivity contribution in [3.05, 3.63) is 28.9 Å². The first-order valence-corrected chi connectivity index (χ1v) is 7.10. The largest absolute Gasteiger partial charge is 0.385 e. The van der Waals surface area contributed by atoms with Gasteiger partial charge in [0.05, 0.1) is 17.3 Å². The molecule has 0 bridgehead atoms. The van der Waals surface area contributed by atoms with Gasteiger partial charge in [0, 0.05) is 16.0 Å². The van der Waals surface area contributed by atoms with E-state index in [1.807, 2.05) is 12.1 Å². The van der Waals surface area contributed by atoms with E-state index < -0.39 is 5.60 Å². The van der Waals surface area contributed by atoms with Crippen LogP contribution >= 0.6 is 24.0 Å². The van der Waals surface area contributed by atoms with Gasteiger partial charge in [0.2, 0.25) is 0 Å². The molecule has 2 aliphatic rings. The normalized spacial score (nSPS) is 32.3. The Morgan fingerprint density at radius 2 is 1.95 bits per heavy atom. The number of halogens is 2. The number of aromatic amines is 1. The van der Waals surface area contributed by atoms with Crippen LogP contribution < -0.4 is 5.32 Å². The van der Waals surface area contributed by atoms with Crippen molar-refractivity contribution in [2.75, 3.05) is 13.1 Å². The molecule has 1 aliphatic heterocycles. The second-order valence-corrected chi connectivity index (χ2v) is 6.34. The van der Waals surface area contributed by atoms with Crippen molar-refractivity contribution < 1.29 is 5.11 Å². The van der Waals surface area contributed by atoms with Crippen LogP contribution in [0.25, 0.3) is 10.9 Å². The van der Waals surface area contributed by atoms with Gasteiger partial charge in [0.15, 0.2) is 0 Å². The fourth-order valence-corrected chi connectivity index (χ4v) is 4.05. The molecule has 0 spiro atoms. The zero-order chi connectivity index (χ0) is 13.0. The van der Waals surface area contributed by atoms with E-state index in [1.165, 1.54) is 0 Å². The number of benzene rings is 1. The van der Waals surface area contributed by atoms with Crippen LogP contribution in [0.15, 0.2) is 18.3 Å². The molecule has 0 amide bonds. The number of H-pyrrole nitrogens is 1. The fourth-order valence-electron chi connectivity index (χ4n) is 3.82. The molecule has 2 atom stereocenters. The number of hydrogen-bond donors (Lipinski definition) is 3. The minimum Gasteiger partial charge on any atom is -0.385 e. The van der Waals surface area contributed by atoms with E-state index >= 15 is 0 Å². The molecule has 2 unspecified atom stereocenters. The van der Waals surface area contributed by atoms with E-state index in [-0.39, 0.29) is 12.4 Å². The quantitative estimate of drug-likeness (QED) is 0.758. The third kappa shape index (κ3) is 2.02. The van der Waals surface area contributed by atoms with Crippen LogP contribution in [0.2, 0.25) is 5.02 Å². The van der Waals surface area contributed by atoms with Crippen LogP contribution in [-0.4, -0.2) is 28.4 Å². The smallest absolute Gasteiger partial charge is 0.0924 e. The van der Waals surface area contributed by atoms with Crippen molar-refractivity contribution in [3.63, 3.8) is 0 Å². The Morgan fingerprint density at radius 3 is 2.65 bits per heavy atom. The molecule has 2 aromatic rings.